The number of phenols is 1. The lowest BCUT2D eigenvalue weighted by molar-refractivity contribution is 0.0934. The van der Waals surface area contributed by atoms with Gasteiger partial charge in [0, 0.05) is 23.9 Å². The van der Waals surface area contributed by atoms with Crippen molar-refractivity contribution in [3.8, 4) is 17.0 Å². The normalized spacial score (nSPS) is 12.2. The van der Waals surface area contributed by atoms with Crippen LogP contribution in [-0.2, 0) is 7.05 Å². The minimum Gasteiger partial charge on any atom is -0.508 e. The third-order valence-electron chi connectivity index (χ3n) is 4.33. The Balaban J connectivity index is 1.76. The van der Waals surface area contributed by atoms with Crippen LogP contribution in [0, 0.1) is 13.8 Å². The van der Waals surface area contributed by atoms with Crippen LogP contribution in [0.1, 0.15) is 40.4 Å². The van der Waals surface area contributed by atoms with Crippen molar-refractivity contribution < 1.29 is 9.90 Å². The molecule has 2 heterocycles. The SMILES string of the molecule is Cc1nn(C)c(C)c1[C@@H](C)NC(=O)c1cc(-c2ccc(O)cc2)n[nH]1. The molecule has 0 aliphatic carbocycles. The molecule has 7 nitrogen and oxygen atoms in total. The number of nitrogens with zero attached hydrogens (tertiary/aromatic N) is 3. The predicted molar refractivity (Wildman–Crippen MR) is 94.3 cm³/mol. The van der Waals surface area contributed by atoms with E-state index in [4.69, 9.17) is 0 Å². The first kappa shape index (κ1) is 16.8. The highest BCUT2D eigenvalue weighted by atomic mass is 16.3. The van der Waals surface area contributed by atoms with E-state index in [2.05, 4.69) is 20.6 Å². The van der Waals surface area contributed by atoms with Crippen molar-refractivity contribution in [2.45, 2.75) is 26.8 Å². The molecule has 1 amide bonds. The first-order valence-corrected chi connectivity index (χ1v) is 8.02. The van der Waals surface area contributed by atoms with E-state index in [1.54, 1.807) is 30.3 Å². The average molecular weight is 339 g/mol. The number of hydrogen-bond donors (Lipinski definition) is 3. The highest BCUT2D eigenvalue weighted by Gasteiger charge is 2.20. The van der Waals surface area contributed by atoms with Gasteiger partial charge in [-0.3, -0.25) is 14.6 Å². The van der Waals surface area contributed by atoms with Crippen LogP contribution in [0.15, 0.2) is 30.3 Å². The van der Waals surface area contributed by atoms with Crippen LogP contribution in [0.5, 0.6) is 5.75 Å². The first-order chi connectivity index (χ1) is 11.9. The molecule has 130 valence electrons. The number of phenolic OH excluding ortho intramolecular Hbond substituents is 1. The van der Waals surface area contributed by atoms with Gasteiger partial charge >= 0.3 is 0 Å². The van der Waals surface area contributed by atoms with E-state index in [1.807, 2.05) is 32.5 Å². The van der Waals surface area contributed by atoms with Crippen LogP contribution in [0.3, 0.4) is 0 Å². The Hall–Kier alpha value is -3.09. The van der Waals surface area contributed by atoms with Crippen molar-refractivity contribution in [3.63, 3.8) is 0 Å². The van der Waals surface area contributed by atoms with Gasteiger partial charge in [0.15, 0.2) is 0 Å². The lowest BCUT2D eigenvalue weighted by Crippen LogP contribution is -2.27. The third kappa shape index (κ3) is 3.26. The molecule has 7 heteroatoms. The van der Waals surface area contributed by atoms with E-state index < -0.39 is 0 Å². The quantitative estimate of drug-likeness (QED) is 0.681. The number of hydrogen-bond acceptors (Lipinski definition) is 4. The number of benzene rings is 1. The number of carbonyl (C=O) groups excluding carboxylic acids is 1. The average Bonchev–Trinajstić information content (AvgIpc) is 3.14. The van der Waals surface area contributed by atoms with Crippen LogP contribution in [0.4, 0.5) is 0 Å². The number of rotatable bonds is 4. The summed E-state index contributed by atoms with van der Waals surface area (Å²) in [5.74, 6) is -0.0408. The van der Waals surface area contributed by atoms with Gasteiger partial charge in [0.1, 0.15) is 11.4 Å². The summed E-state index contributed by atoms with van der Waals surface area (Å²) in [6.07, 6.45) is 0. The van der Waals surface area contributed by atoms with Crippen molar-refractivity contribution in [1.29, 1.82) is 0 Å². The summed E-state index contributed by atoms with van der Waals surface area (Å²) in [6.45, 7) is 5.85. The van der Waals surface area contributed by atoms with E-state index in [0.717, 1.165) is 22.5 Å². The fourth-order valence-electron chi connectivity index (χ4n) is 2.98. The Morgan fingerprint density at radius 2 is 1.96 bits per heavy atom. The summed E-state index contributed by atoms with van der Waals surface area (Å²) in [5, 5.41) is 23.7. The van der Waals surface area contributed by atoms with E-state index in [0.29, 0.717) is 11.4 Å². The second-order valence-electron chi connectivity index (χ2n) is 6.12. The van der Waals surface area contributed by atoms with Crippen LogP contribution in [0.25, 0.3) is 11.3 Å². The number of aromatic nitrogens is 4. The number of H-pyrrole nitrogens is 1. The zero-order valence-corrected chi connectivity index (χ0v) is 14.7. The topological polar surface area (TPSA) is 95.8 Å². The highest BCUT2D eigenvalue weighted by molar-refractivity contribution is 5.93. The summed E-state index contributed by atoms with van der Waals surface area (Å²) < 4.78 is 1.81. The van der Waals surface area contributed by atoms with E-state index >= 15 is 0 Å². The number of aryl methyl sites for hydroxylation is 2. The maximum atomic E-state index is 12.5. The number of nitrogens with one attached hydrogen (secondary N) is 2. The molecular weight excluding hydrogens is 318 g/mol. The molecule has 3 aromatic rings. The second kappa shape index (κ2) is 6.43. The summed E-state index contributed by atoms with van der Waals surface area (Å²) in [7, 11) is 1.89. The van der Waals surface area contributed by atoms with Gasteiger partial charge in [-0.25, -0.2) is 0 Å². The molecule has 1 atom stereocenters. The van der Waals surface area contributed by atoms with Gasteiger partial charge in [-0.15, -0.1) is 0 Å². The minimum atomic E-state index is -0.229. The largest absolute Gasteiger partial charge is 0.508 e. The molecule has 3 rings (SSSR count). The molecule has 25 heavy (non-hydrogen) atoms. The van der Waals surface area contributed by atoms with Gasteiger partial charge in [-0.1, -0.05) is 0 Å². The van der Waals surface area contributed by atoms with Crippen LogP contribution >= 0.6 is 0 Å². The van der Waals surface area contributed by atoms with Crippen LogP contribution < -0.4 is 5.32 Å². The first-order valence-electron chi connectivity index (χ1n) is 8.02. The lowest BCUT2D eigenvalue weighted by Gasteiger charge is -2.14. The summed E-state index contributed by atoms with van der Waals surface area (Å²) in [4.78, 5) is 12.5. The molecule has 0 aliphatic heterocycles. The molecule has 0 fully saturated rings. The van der Waals surface area contributed by atoms with Crippen molar-refractivity contribution in [2.24, 2.45) is 7.05 Å². The number of aromatic hydroxyl groups is 1. The van der Waals surface area contributed by atoms with Gasteiger partial charge < -0.3 is 10.4 Å². The Labute approximate surface area is 145 Å². The van der Waals surface area contributed by atoms with Crippen molar-refractivity contribution in [3.05, 3.63) is 53.0 Å². The molecule has 0 radical (unpaired) electrons. The zero-order valence-electron chi connectivity index (χ0n) is 14.7. The van der Waals surface area contributed by atoms with Crippen LogP contribution in [0.2, 0.25) is 0 Å². The molecule has 0 unspecified atom stereocenters. The number of amides is 1. The predicted octanol–water partition coefficient (Wildman–Crippen LogP) is 2.62. The van der Waals surface area contributed by atoms with E-state index in [9.17, 15) is 9.90 Å². The van der Waals surface area contributed by atoms with Gasteiger partial charge in [0.25, 0.3) is 5.91 Å². The Morgan fingerprint density at radius 3 is 2.56 bits per heavy atom. The monoisotopic (exact) mass is 339 g/mol. The second-order valence-corrected chi connectivity index (χ2v) is 6.12. The maximum absolute atomic E-state index is 12.5. The fourth-order valence-corrected chi connectivity index (χ4v) is 2.98. The van der Waals surface area contributed by atoms with Gasteiger partial charge in [-0.2, -0.15) is 10.2 Å². The maximum Gasteiger partial charge on any atom is 0.269 e. The van der Waals surface area contributed by atoms with Crippen molar-refractivity contribution in [2.75, 3.05) is 0 Å². The lowest BCUT2D eigenvalue weighted by atomic mass is 10.1. The molecule has 1 aromatic carbocycles. The molecule has 0 saturated heterocycles. The molecule has 0 saturated carbocycles. The van der Waals surface area contributed by atoms with Crippen LogP contribution in [-0.4, -0.2) is 31.0 Å². The highest BCUT2D eigenvalue weighted by Crippen LogP contribution is 2.23. The van der Waals surface area contributed by atoms with E-state index in [-0.39, 0.29) is 17.7 Å². The van der Waals surface area contributed by atoms with Crippen molar-refractivity contribution >= 4 is 5.91 Å². The Kier molecular flexibility index (Phi) is 4.31. The van der Waals surface area contributed by atoms with Gasteiger partial charge in [-0.05, 0) is 51.1 Å². The summed E-state index contributed by atoms with van der Waals surface area (Å²) in [5.41, 5.74) is 4.80. The summed E-state index contributed by atoms with van der Waals surface area (Å²) >= 11 is 0. The van der Waals surface area contributed by atoms with E-state index in [1.165, 1.54) is 0 Å². The number of aromatic amines is 1. The van der Waals surface area contributed by atoms with Gasteiger partial charge in [0.05, 0.1) is 17.4 Å². The summed E-state index contributed by atoms with van der Waals surface area (Å²) in [6, 6.07) is 8.19. The Bertz CT molecular complexity index is 908. The molecular formula is C18H21N5O2. The zero-order chi connectivity index (χ0) is 18.1. The molecule has 3 N–H and O–H groups in total. The number of carbonyl (C=O) groups is 1. The molecule has 0 aliphatic rings. The molecule has 0 spiro atoms. The van der Waals surface area contributed by atoms with Gasteiger partial charge in [0.2, 0.25) is 0 Å². The van der Waals surface area contributed by atoms with Crippen molar-refractivity contribution in [1.82, 2.24) is 25.3 Å². The third-order valence-corrected chi connectivity index (χ3v) is 4.33. The fraction of sp³-hybridized carbons (Fsp3) is 0.278. The smallest absolute Gasteiger partial charge is 0.269 e. The molecule has 0 bridgehead atoms. The molecule has 2 aromatic heterocycles. The Morgan fingerprint density at radius 1 is 1.28 bits per heavy atom. The minimum absolute atomic E-state index is 0.165. The standard InChI is InChI=1S/C18H21N5O2/c1-10(17-11(2)22-23(4)12(17)3)19-18(25)16-9-15(20-21-16)13-5-7-14(24)8-6-13/h5-10,24H,1-4H3,(H,19,25)(H,20,21)/t10-/m1/s1.